The van der Waals surface area contributed by atoms with Crippen LogP contribution in [0.3, 0.4) is 0 Å². The fourth-order valence-electron chi connectivity index (χ4n) is 2.67. The van der Waals surface area contributed by atoms with E-state index in [1.54, 1.807) is 36.4 Å². The molecule has 4 N–H and O–H groups in total. The summed E-state index contributed by atoms with van der Waals surface area (Å²) in [5.41, 5.74) is 1.67. The van der Waals surface area contributed by atoms with E-state index in [4.69, 9.17) is 14.6 Å². The molecular weight excluding hydrogens is 408 g/mol. The smallest absolute Gasteiger partial charge is 0.274 e. The summed E-state index contributed by atoms with van der Waals surface area (Å²) in [6.45, 7) is 0.0733. The third-order valence-corrected chi connectivity index (χ3v) is 4.54. The molecule has 1 aromatic heterocycles. The minimum Gasteiger partial charge on any atom is -0.493 e. The maximum Gasteiger partial charge on any atom is 0.274 e. The number of benzene rings is 2. The number of nitrogens with one attached hydrogen (secondary N) is 2. The molecule has 1 heterocycles. The minimum absolute atomic E-state index is 0. The molecule has 0 aliphatic rings. The highest BCUT2D eigenvalue weighted by Gasteiger charge is 2.14. The van der Waals surface area contributed by atoms with Crippen molar-refractivity contribution in [3.63, 3.8) is 0 Å². The number of methoxy groups -OCH3 is 2. The molecule has 150 valence electrons. The molecule has 0 amide bonds. The van der Waals surface area contributed by atoms with Crippen molar-refractivity contribution in [2.24, 2.45) is 5.14 Å². The highest BCUT2D eigenvalue weighted by Crippen LogP contribution is 2.34. The summed E-state index contributed by atoms with van der Waals surface area (Å²) in [5, 5.41) is 12.6. The average Bonchev–Trinajstić information content (AvgIpc) is 2.65. The molecule has 0 saturated carbocycles. The normalized spacial score (nSPS) is 11.1. The van der Waals surface area contributed by atoms with Crippen LogP contribution in [0.5, 0.6) is 11.5 Å². The molecule has 3 rings (SSSR count). The molecule has 0 saturated heterocycles. The molecule has 9 nitrogen and oxygen atoms in total. The fourth-order valence-corrected chi connectivity index (χ4v) is 3.04. The molecule has 0 bridgehead atoms. The molecule has 0 spiro atoms. The van der Waals surface area contributed by atoms with Crippen LogP contribution in [0.25, 0.3) is 22.0 Å². The first-order valence-corrected chi connectivity index (χ1v) is 9.38. The number of fused-ring (bicyclic) bond motifs is 1. The predicted octanol–water partition coefficient (Wildman–Crippen LogP) is 1.32. The second-order valence-corrected chi connectivity index (χ2v) is 7.10. The van der Waals surface area contributed by atoms with Crippen molar-refractivity contribution >= 4 is 33.4 Å². The van der Waals surface area contributed by atoms with Crippen LogP contribution in [-0.4, -0.2) is 32.8 Å². The van der Waals surface area contributed by atoms with Gasteiger partial charge in [-0.1, -0.05) is 24.3 Å². The number of halogens is 1. The van der Waals surface area contributed by atoms with Crippen LogP contribution in [0.2, 0.25) is 0 Å². The van der Waals surface area contributed by atoms with E-state index in [0.29, 0.717) is 28.0 Å². The van der Waals surface area contributed by atoms with Gasteiger partial charge in [-0.2, -0.15) is 18.2 Å². The van der Waals surface area contributed by atoms with E-state index in [2.05, 4.69) is 14.9 Å². The Bertz CT molecular complexity index is 1150. The summed E-state index contributed by atoms with van der Waals surface area (Å²) < 4.78 is 34.8. The highest BCUT2D eigenvalue weighted by molar-refractivity contribution is 7.87. The van der Waals surface area contributed by atoms with Gasteiger partial charge >= 0.3 is 0 Å². The lowest BCUT2D eigenvalue weighted by Gasteiger charge is -2.11. The number of rotatable bonds is 6. The summed E-state index contributed by atoms with van der Waals surface area (Å²) in [7, 11) is -0.755. The number of nitrogens with zero attached hydrogens (tertiary/aromatic N) is 1. The Labute approximate surface area is 167 Å². The van der Waals surface area contributed by atoms with Crippen LogP contribution in [0.4, 0.5) is 0 Å². The topological polar surface area (TPSA) is 136 Å². The molecule has 11 heteroatoms. The quantitative estimate of drug-likeness (QED) is 0.543. The van der Waals surface area contributed by atoms with Gasteiger partial charge in [0.25, 0.3) is 15.8 Å². The molecule has 3 aromatic rings. The summed E-state index contributed by atoms with van der Waals surface area (Å²) in [5.74, 6) is 0.921. The lowest BCUT2D eigenvalue weighted by Crippen LogP contribution is -2.30. The summed E-state index contributed by atoms with van der Waals surface area (Å²) >= 11 is 0. The van der Waals surface area contributed by atoms with Crippen LogP contribution >= 0.6 is 12.4 Å². The number of hydrogen-bond donors (Lipinski definition) is 3. The summed E-state index contributed by atoms with van der Waals surface area (Å²) in [6, 6.07) is 10.3. The summed E-state index contributed by atoms with van der Waals surface area (Å²) in [4.78, 5) is 12.2. The predicted molar refractivity (Wildman–Crippen MR) is 108 cm³/mol. The van der Waals surface area contributed by atoms with Crippen molar-refractivity contribution < 1.29 is 17.9 Å². The van der Waals surface area contributed by atoms with E-state index in [-0.39, 0.29) is 24.5 Å². The van der Waals surface area contributed by atoms with Crippen molar-refractivity contribution in [1.29, 1.82) is 0 Å². The number of aromatic nitrogens is 2. The number of nitrogens with two attached hydrogens (primary N) is 1. The highest BCUT2D eigenvalue weighted by atomic mass is 35.5. The SMILES string of the molecule is COc1cc2c(-c3ccc(CNS(N)(=O)=O)cc3)n[nH]c(=O)c2cc1OC.Cl. The van der Waals surface area contributed by atoms with E-state index in [1.165, 1.54) is 14.2 Å². The standard InChI is InChI=1S/C17H18N4O5S.ClH/c1-25-14-7-12-13(8-15(14)26-2)17(22)21-20-16(12)11-5-3-10(4-6-11)9-19-27(18,23)24;/h3-8,19H,9H2,1-2H3,(H,21,22)(H2,18,23,24);1H. The van der Waals surface area contributed by atoms with E-state index < -0.39 is 10.2 Å². The molecule has 2 aromatic carbocycles. The first kappa shape index (κ1) is 21.6. The largest absolute Gasteiger partial charge is 0.493 e. The van der Waals surface area contributed by atoms with Gasteiger partial charge in [-0.3, -0.25) is 4.79 Å². The van der Waals surface area contributed by atoms with Gasteiger partial charge in [-0.25, -0.2) is 10.2 Å². The van der Waals surface area contributed by atoms with E-state index in [9.17, 15) is 13.2 Å². The number of ether oxygens (including phenoxy) is 2. The van der Waals surface area contributed by atoms with Crippen LogP contribution in [-0.2, 0) is 16.8 Å². The Morgan fingerprint density at radius 1 is 1.07 bits per heavy atom. The van der Waals surface area contributed by atoms with Crippen LogP contribution in [0.1, 0.15) is 5.56 Å². The van der Waals surface area contributed by atoms with Gasteiger partial charge in [-0.05, 0) is 17.7 Å². The molecule has 0 radical (unpaired) electrons. The molecule has 0 aliphatic heterocycles. The lowest BCUT2D eigenvalue weighted by molar-refractivity contribution is 0.356. The van der Waals surface area contributed by atoms with Crippen molar-refractivity contribution in [3.05, 3.63) is 52.3 Å². The van der Waals surface area contributed by atoms with Gasteiger partial charge in [0.2, 0.25) is 0 Å². The zero-order chi connectivity index (χ0) is 19.6. The van der Waals surface area contributed by atoms with Gasteiger partial charge in [0, 0.05) is 17.5 Å². The van der Waals surface area contributed by atoms with Gasteiger partial charge in [0.05, 0.1) is 25.3 Å². The molecule has 0 fully saturated rings. The Balaban J connectivity index is 0.00000280. The zero-order valence-electron chi connectivity index (χ0n) is 15.1. The van der Waals surface area contributed by atoms with Gasteiger partial charge < -0.3 is 9.47 Å². The molecule has 0 unspecified atom stereocenters. The third-order valence-electron chi connectivity index (χ3n) is 4.00. The Morgan fingerprint density at radius 2 is 1.64 bits per heavy atom. The first-order valence-electron chi connectivity index (χ1n) is 7.83. The summed E-state index contributed by atoms with van der Waals surface area (Å²) in [6.07, 6.45) is 0. The van der Waals surface area contributed by atoms with Crippen LogP contribution in [0.15, 0.2) is 41.2 Å². The van der Waals surface area contributed by atoms with Crippen LogP contribution < -0.4 is 24.9 Å². The maximum atomic E-state index is 12.2. The number of hydrogen-bond acceptors (Lipinski definition) is 6. The minimum atomic E-state index is -3.76. The van der Waals surface area contributed by atoms with Gasteiger partial charge in [0.15, 0.2) is 11.5 Å². The average molecular weight is 427 g/mol. The maximum absolute atomic E-state index is 12.2. The van der Waals surface area contributed by atoms with Crippen molar-refractivity contribution in [2.75, 3.05) is 14.2 Å². The third kappa shape index (κ3) is 4.60. The van der Waals surface area contributed by atoms with E-state index >= 15 is 0 Å². The number of H-pyrrole nitrogens is 1. The molecular formula is C17H19ClN4O5S. The monoisotopic (exact) mass is 426 g/mol. The van der Waals surface area contributed by atoms with Crippen molar-refractivity contribution in [3.8, 4) is 22.8 Å². The Hall–Kier alpha value is -2.66. The van der Waals surface area contributed by atoms with Gasteiger partial charge in [0.1, 0.15) is 0 Å². The first-order chi connectivity index (χ1) is 12.8. The molecule has 0 aliphatic carbocycles. The van der Waals surface area contributed by atoms with E-state index in [1.807, 2.05) is 0 Å². The Kier molecular flexibility index (Phi) is 6.62. The number of aromatic amines is 1. The van der Waals surface area contributed by atoms with Crippen molar-refractivity contribution in [2.45, 2.75) is 6.54 Å². The van der Waals surface area contributed by atoms with Gasteiger partial charge in [-0.15, -0.1) is 12.4 Å². The van der Waals surface area contributed by atoms with Crippen LogP contribution in [0, 0.1) is 0 Å². The fraction of sp³-hybridized carbons (Fsp3) is 0.176. The van der Waals surface area contributed by atoms with Crippen molar-refractivity contribution in [1.82, 2.24) is 14.9 Å². The second kappa shape index (κ2) is 8.57. The molecule has 0 atom stereocenters. The second-order valence-electron chi connectivity index (χ2n) is 5.72. The lowest BCUT2D eigenvalue weighted by atomic mass is 10.0. The van der Waals surface area contributed by atoms with E-state index in [0.717, 1.165) is 11.1 Å². The molecule has 28 heavy (non-hydrogen) atoms. The Morgan fingerprint density at radius 3 is 2.18 bits per heavy atom. The zero-order valence-corrected chi connectivity index (χ0v) is 16.7.